The van der Waals surface area contributed by atoms with E-state index in [2.05, 4.69) is 48.6 Å². The second-order valence-electron chi connectivity index (χ2n) is 12.2. The normalized spacial score (nSPS) is 24.7. The van der Waals surface area contributed by atoms with Crippen LogP contribution in [0.1, 0.15) is 36.8 Å². The van der Waals surface area contributed by atoms with E-state index in [1.54, 1.807) is 0 Å². The smallest absolute Gasteiger partial charge is 0.119 e. The lowest BCUT2D eigenvalue weighted by Gasteiger charge is -2.24. The lowest BCUT2D eigenvalue weighted by atomic mass is 9.80. The van der Waals surface area contributed by atoms with E-state index in [9.17, 15) is 0 Å². The summed E-state index contributed by atoms with van der Waals surface area (Å²) in [5, 5.41) is 0. The monoisotopic (exact) mass is 654 g/mol. The van der Waals surface area contributed by atoms with Gasteiger partial charge in [-0.1, -0.05) is 60.7 Å². The van der Waals surface area contributed by atoms with Crippen molar-refractivity contribution in [2.75, 3.05) is 52.9 Å². The summed E-state index contributed by atoms with van der Waals surface area (Å²) in [5.41, 5.74) is 2.30. The van der Waals surface area contributed by atoms with Crippen LogP contribution < -0.4 is 9.47 Å². The Hall–Kier alpha value is -4.08. The molecule has 6 unspecified atom stereocenters. The minimum atomic E-state index is -0.0251. The average molecular weight is 655 g/mol. The zero-order valence-corrected chi connectivity index (χ0v) is 27.8. The van der Waals surface area contributed by atoms with Gasteiger partial charge in [0, 0.05) is 11.8 Å². The fourth-order valence-corrected chi connectivity index (χ4v) is 5.03. The Morgan fingerprint density at radius 2 is 0.938 bits per heavy atom. The zero-order chi connectivity index (χ0) is 33.0. The Bertz CT molecular complexity index is 1360. The summed E-state index contributed by atoms with van der Waals surface area (Å²) in [5.74, 6) is 3.18. The van der Waals surface area contributed by atoms with Crippen molar-refractivity contribution in [3.8, 4) is 11.5 Å². The van der Waals surface area contributed by atoms with Crippen LogP contribution in [0.5, 0.6) is 11.5 Å². The van der Waals surface area contributed by atoms with Crippen molar-refractivity contribution in [2.45, 2.75) is 50.1 Å². The van der Waals surface area contributed by atoms with Gasteiger partial charge in [0.2, 0.25) is 0 Å². The molecule has 0 radical (unpaired) electrons. The first-order chi connectivity index (χ1) is 23.7. The molecule has 4 heterocycles. The van der Waals surface area contributed by atoms with Gasteiger partial charge in [-0.25, -0.2) is 0 Å². The fourth-order valence-electron chi connectivity index (χ4n) is 5.03. The summed E-state index contributed by atoms with van der Waals surface area (Å²) in [6, 6.07) is 16.7. The Labute approximate surface area is 283 Å². The fraction of sp³-hybridized carbons (Fsp3) is 0.400. The van der Waals surface area contributed by atoms with Gasteiger partial charge in [-0.3, -0.25) is 0 Å². The van der Waals surface area contributed by atoms with Crippen LogP contribution in [0.4, 0.5) is 0 Å². The minimum absolute atomic E-state index is 0.0251. The van der Waals surface area contributed by atoms with Gasteiger partial charge in [-0.2, -0.15) is 0 Å². The van der Waals surface area contributed by atoms with Crippen LogP contribution >= 0.6 is 0 Å². The van der Waals surface area contributed by atoms with Gasteiger partial charge >= 0.3 is 0 Å². The third kappa shape index (κ3) is 11.6. The first-order valence-corrected chi connectivity index (χ1v) is 16.9. The molecular formula is C40H46O8. The number of rotatable bonds is 21. The maximum atomic E-state index is 6.02. The molecule has 2 aromatic rings. The van der Waals surface area contributed by atoms with Crippen molar-refractivity contribution in [2.24, 2.45) is 0 Å². The predicted molar refractivity (Wildman–Crippen MR) is 184 cm³/mol. The van der Waals surface area contributed by atoms with Gasteiger partial charge in [-0.15, -0.1) is 0 Å². The van der Waals surface area contributed by atoms with Crippen molar-refractivity contribution in [3.63, 3.8) is 0 Å². The molecular weight excluding hydrogens is 608 g/mol. The van der Waals surface area contributed by atoms with Gasteiger partial charge in [-0.05, 0) is 73.5 Å². The van der Waals surface area contributed by atoms with Crippen LogP contribution in [0.25, 0.3) is 0 Å². The second-order valence-corrected chi connectivity index (χ2v) is 12.2. The molecule has 4 aliphatic rings. The molecule has 0 spiro atoms. The van der Waals surface area contributed by atoms with Crippen molar-refractivity contribution in [3.05, 3.63) is 132 Å². The Morgan fingerprint density at radius 3 is 1.27 bits per heavy atom. The summed E-state index contributed by atoms with van der Waals surface area (Å²) < 4.78 is 45.3. The summed E-state index contributed by atoms with van der Waals surface area (Å²) in [6.45, 7) is 9.23. The first-order valence-electron chi connectivity index (χ1n) is 16.9. The van der Waals surface area contributed by atoms with Gasteiger partial charge < -0.3 is 37.9 Å². The van der Waals surface area contributed by atoms with Gasteiger partial charge in [0.05, 0.1) is 26.4 Å². The van der Waals surface area contributed by atoms with Crippen LogP contribution in [0.15, 0.2) is 121 Å². The Kier molecular flexibility index (Phi) is 12.2. The van der Waals surface area contributed by atoms with Crippen molar-refractivity contribution < 1.29 is 37.9 Å². The van der Waals surface area contributed by atoms with E-state index < -0.39 is 0 Å². The van der Waals surface area contributed by atoms with E-state index in [1.807, 2.05) is 74.6 Å². The number of epoxide rings is 4. The summed E-state index contributed by atoms with van der Waals surface area (Å²) in [7, 11) is 0. The summed E-state index contributed by atoms with van der Waals surface area (Å²) >= 11 is 0. The number of allylic oxidation sites excluding steroid dienone is 10. The molecule has 0 aliphatic carbocycles. The van der Waals surface area contributed by atoms with Crippen molar-refractivity contribution in [1.82, 2.24) is 0 Å². The second kappa shape index (κ2) is 17.4. The highest BCUT2D eigenvalue weighted by atomic mass is 16.6. The maximum absolute atomic E-state index is 6.02. The summed E-state index contributed by atoms with van der Waals surface area (Å²) in [4.78, 5) is 0. The molecule has 8 nitrogen and oxygen atoms in total. The maximum Gasteiger partial charge on any atom is 0.119 e. The zero-order valence-electron chi connectivity index (χ0n) is 27.8. The number of hydrogen-bond donors (Lipinski definition) is 0. The van der Waals surface area contributed by atoms with E-state index in [0.717, 1.165) is 60.6 Å². The van der Waals surface area contributed by atoms with Gasteiger partial charge in [0.1, 0.15) is 73.9 Å². The van der Waals surface area contributed by atoms with Crippen LogP contribution in [0.3, 0.4) is 0 Å². The Balaban J connectivity index is 1.29. The van der Waals surface area contributed by atoms with Crippen LogP contribution in [0.2, 0.25) is 0 Å². The SMILES string of the molecule is C\C=C/C(=C\C=C\C(c1ccc(OCC2CO2)cc1)C(/C=C/C=C(\C=C/C)OCC1CO1)c1ccc(OCC2CO2)cc1)OCC1CO1. The van der Waals surface area contributed by atoms with Crippen LogP contribution in [0, 0.1) is 0 Å². The van der Waals surface area contributed by atoms with Crippen LogP contribution in [-0.2, 0) is 28.4 Å². The number of hydrogen-bond acceptors (Lipinski definition) is 8. The molecule has 0 amide bonds. The standard InChI is InChI=1S/C40H46O8/c1-3-7-31(41-21-35-25-45-35)9-5-11-39(29-13-17-33(18-14-29)43-23-37-27-47-37)40(12-6-10-32(8-4-2)42-22-36-26-46-36)30-15-19-34(20-16-30)44-24-38-28-48-38/h3-20,35-40H,21-28H2,1-2H3/b7-3-,8-4-,11-5+,12-6+,31-9+,32-10+. The molecule has 0 bridgehead atoms. The van der Waals surface area contributed by atoms with E-state index in [-0.39, 0.29) is 36.3 Å². The molecule has 6 rings (SSSR count). The third-order valence-electron chi connectivity index (χ3n) is 8.09. The topological polar surface area (TPSA) is 87.0 Å². The van der Waals surface area contributed by atoms with Gasteiger partial charge in [0.15, 0.2) is 0 Å². The molecule has 48 heavy (non-hydrogen) atoms. The van der Waals surface area contributed by atoms with Crippen molar-refractivity contribution >= 4 is 0 Å². The highest BCUT2D eigenvalue weighted by molar-refractivity contribution is 5.41. The third-order valence-corrected chi connectivity index (χ3v) is 8.09. The minimum Gasteiger partial charge on any atom is -0.491 e. The quantitative estimate of drug-likeness (QED) is 0.0811. The molecule has 0 N–H and O–H groups in total. The molecule has 254 valence electrons. The van der Waals surface area contributed by atoms with E-state index in [4.69, 9.17) is 37.9 Å². The Morgan fingerprint density at radius 1 is 0.583 bits per heavy atom. The molecule has 4 saturated heterocycles. The largest absolute Gasteiger partial charge is 0.491 e. The van der Waals surface area contributed by atoms with Gasteiger partial charge in [0.25, 0.3) is 0 Å². The van der Waals surface area contributed by atoms with Crippen LogP contribution in [-0.4, -0.2) is 77.3 Å². The molecule has 4 aliphatic heterocycles. The van der Waals surface area contributed by atoms with E-state index in [0.29, 0.717) is 26.4 Å². The lowest BCUT2D eigenvalue weighted by Crippen LogP contribution is -2.09. The van der Waals surface area contributed by atoms with Crippen molar-refractivity contribution in [1.29, 1.82) is 0 Å². The molecule has 6 atom stereocenters. The summed E-state index contributed by atoms with van der Waals surface area (Å²) in [6.07, 6.45) is 21.3. The lowest BCUT2D eigenvalue weighted by molar-refractivity contribution is 0.193. The highest BCUT2D eigenvalue weighted by Crippen LogP contribution is 2.37. The molecule has 8 heteroatoms. The highest BCUT2D eigenvalue weighted by Gasteiger charge is 2.26. The molecule has 2 aromatic carbocycles. The predicted octanol–water partition coefficient (Wildman–Crippen LogP) is 6.97. The number of ether oxygens (including phenoxy) is 8. The average Bonchev–Trinajstić information content (AvgIpc) is 3.93. The molecule has 0 saturated carbocycles. The van der Waals surface area contributed by atoms with E-state index in [1.165, 1.54) is 0 Å². The molecule has 0 aromatic heterocycles. The number of benzene rings is 2. The first kappa shape index (κ1) is 33.8. The van der Waals surface area contributed by atoms with E-state index >= 15 is 0 Å². The molecule has 4 fully saturated rings.